The van der Waals surface area contributed by atoms with E-state index in [9.17, 15) is 14.3 Å². The molecular formula is C19H21F2N3O3. The molecule has 0 radical (unpaired) electrons. The van der Waals surface area contributed by atoms with Gasteiger partial charge in [-0.15, -0.1) is 0 Å². The summed E-state index contributed by atoms with van der Waals surface area (Å²) in [6, 6.07) is 1.13. The summed E-state index contributed by atoms with van der Waals surface area (Å²) in [5, 5.41) is 9.24. The molecule has 2 atom stereocenters. The summed E-state index contributed by atoms with van der Waals surface area (Å²) in [5.41, 5.74) is 5.95. The van der Waals surface area contributed by atoms with Crippen LogP contribution in [-0.4, -0.2) is 36.8 Å². The highest BCUT2D eigenvalue weighted by molar-refractivity contribution is 5.88. The molecule has 3 N–H and O–H groups in total. The summed E-state index contributed by atoms with van der Waals surface area (Å²) in [4.78, 5) is 14.7. The van der Waals surface area contributed by atoms with Gasteiger partial charge >= 0.3 is 5.97 Å². The summed E-state index contributed by atoms with van der Waals surface area (Å²) in [6.45, 7) is 1.79. The Labute approximate surface area is 155 Å². The van der Waals surface area contributed by atoms with E-state index >= 15 is 4.39 Å². The number of hydrogen-bond acceptors (Lipinski definition) is 5. The van der Waals surface area contributed by atoms with Crippen LogP contribution < -0.4 is 20.3 Å². The lowest BCUT2D eigenvalue weighted by Crippen LogP contribution is -2.30. The molecule has 2 aliphatic heterocycles. The van der Waals surface area contributed by atoms with Crippen LogP contribution in [0.5, 0.6) is 5.75 Å². The van der Waals surface area contributed by atoms with Crippen LogP contribution in [0.15, 0.2) is 18.0 Å². The largest absolute Gasteiger partial charge is 0.475 e. The van der Waals surface area contributed by atoms with Gasteiger partial charge in [-0.05, 0) is 43.6 Å². The molecular weight excluding hydrogens is 356 g/mol. The van der Waals surface area contributed by atoms with E-state index in [1.165, 1.54) is 6.20 Å². The molecule has 6 nitrogen and oxygen atoms in total. The molecule has 1 spiro atoms. The van der Waals surface area contributed by atoms with Gasteiger partial charge in [0.05, 0.1) is 6.20 Å². The van der Waals surface area contributed by atoms with Crippen LogP contribution in [0.2, 0.25) is 0 Å². The Hall–Kier alpha value is -2.35. The van der Waals surface area contributed by atoms with Crippen molar-refractivity contribution in [3.63, 3.8) is 0 Å². The first-order chi connectivity index (χ1) is 12.9. The Bertz CT molecular complexity index is 870. The Balaban J connectivity index is 1.54. The van der Waals surface area contributed by atoms with E-state index in [-0.39, 0.29) is 34.3 Å². The second-order valence-corrected chi connectivity index (χ2v) is 8.08. The first-order valence-electron chi connectivity index (χ1n) is 9.32. The maximum Gasteiger partial charge on any atom is 0.373 e. The van der Waals surface area contributed by atoms with Crippen molar-refractivity contribution in [1.29, 1.82) is 0 Å². The van der Waals surface area contributed by atoms with Gasteiger partial charge in [0.15, 0.2) is 17.4 Å². The van der Waals surface area contributed by atoms with Crippen molar-refractivity contribution in [1.82, 2.24) is 0 Å². The quantitative estimate of drug-likeness (QED) is 0.839. The fourth-order valence-corrected chi connectivity index (χ4v) is 4.61. The number of halogens is 2. The standard InChI is InChI=1S/C19H21F2N3O3/c20-12-5-13-17(24(11-1-2-11)8-14(27-13)18(25)26)15(21)16(12)23-4-3-19(9-23)6-10(19)7-22/h5,8,10-11H,1-4,6-7,9,22H2,(H,25,26). The topological polar surface area (TPSA) is 79.0 Å². The van der Waals surface area contributed by atoms with Crippen LogP contribution in [0.4, 0.5) is 20.2 Å². The number of fused-ring (bicyclic) bond motifs is 1. The fourth-order valence-electron chi connectivity index (χ4n) is 4.61. The SMILES string of the molecule is NCC1CC12CCN(c1c(F)cc3c(c1F)N(C1CC1)C=C(C(=O)O)O3)C2. The van der Waals surface area contributed by atoms with E-state index < -0.39 is 17.6 Å². The van der Waals surface area contributed by atoms with Gasteiger partial charge in [-0.1, -0.05) is 0 Å². The number of carboxylic acid groups (broad SMARTS) is 1. The number of ether oxygens (including phenoxy) is 1. The number of anilines is 2. The van der Waals surface area contributed by atoms with E-state index in [0.717, 1.165) is 31.7 Å². The highest BCUT2D eigenvalue weighted by Crippen LogP contribution is 2.59. The molecule has 5 rings (SSSR count). The molecule has 144 valence electrons. The Morgan fingerprint density at radius 3 is 2.78 bits per heavy atom. The average molecular weight is 377 g/mol. The minimum atomic E-state index is -1.26. The van der Waals surface area contributed by atoms with Gasteiger partial charge in [-0.2, -0.15) is 0 Å². The van der Waals surface area contributed by atoms with Gasteiger partial charge < -0.3 is 25.4 Å². The molecule has 3 fully saturated rings. The van der Waals surface area contributed by atoms with Gasteiger partial charge in [0.2, 0.25) is 5.76 Å². The zero-order chi connectivity index (χ0) is 18.9. The Kier molecular flexibility index (Phi) is 3.47. The number of rotatable bonds is 4. The molecule has 2 aliphatic carbocycles. The van der Waals surface area contributed by atoms with E-state index in [1.807, 2.05) is 0 Å². The zero-order valence-electron chi connectivity index (χ0n) is 14.8. The van der Waals surface area contributed by atoms with Crippen molar-refractivity contribution in [2.75, 3.05) is 29.4 Å². The first kappa shape index (κ1) is 16.8. The third kappa shape index (κ3) is 2.50. The Morgan fingerprint density at radius 1 is 1.37 bits per heavy atom. The van der Waals surface area contributed by atoms with Crippen LogP contribution in [0, 0.1) is 23.0 Å². The lowest BCUT2D eigenvalue weighted by atomic mass is 10.0. The number of carboxylic acids is 1. The molecule has 2 heterocycles. The number of carbonyl (C=O) groups is 1. The van der Waals surface area contributed by atoms with Crippen molar-refractivity contribution in [2.24, 2.45) is 17.1 Å². The molecule has 1 saturated heterocycles. The molecule has 2 unspecified atom stereocenters. The summed E-state index contributed by atoms with van der Waals surface area (Å²) in [7, 11) is 0. The number of hydrogen-bond donors (Lipinski definition) is 2. The van der Waals surface area contributed by atoms with Crippen LogP contribution in [-0.2, 0) is 4.79 Å². The summed E-state index contributed by atoms with van der Waals surface area (Å²) >= 11 is 0. The molecule has 2 saturated carbocycles. The molecule has 1 aromatic carbocycles. The monoisotopic (exact) mass is 377 g/mol. The highest BCUT2D eigenvalue weighted by Gasteiger charge is 2.57. The lowest BCUT2D eigenvalue weighted by Gasteiger charge is -2.31. The number of aliphatic carboxylic acids is 1. The second-order valence-electron chi connectivity index (χ2n) is 8.08. The van der Waals surface area contributed by atoms with Gasteiger partial charge in [-0.3, -0.25) is 0 Å². The van der Waals surface area contributed by atoms with Crippen LogP contribution in [0.3, 0.4) is 0 Å². The minimum absolute atomic E-state index is 0.0183. The smallest absolute Gasteiger partial charge is 0.373 e. The van der Waals surface area contributed by atoms with Crippen molar-refractivity contribution < 1.29 is 23.4 Å². The van der Waals surface area contributed by atoms with Gasteiger partial charge in [0.25, 0.3) is 0 Å². The summed E-state index contributed by atoms with van der Waals surface area (Å²) in [6.07, 6.45) is 4.87. The predicted molar refractivity (Wildman–Crippen MR) is 94.6 cm³/mol. The molecule has 0 bridgehead atoms. The van der Waals surface area contributed by atoms with Crippen LogP contribution >= 0.6 is 0 Å². The number of nitrogens with zero attached hydrogens (tertiary/aromatic N) is 2. The molecule has 4 aliphatic rings. The van der Waals surface area contributed by atoms with Crippen LogP contribution in [0.25, 0.3) is 0 Å². The normalized spacial score (nSPS) is 28.9. The molecule has 27 heavy (non-hydrogen) atoms. The number of benzene rings is 1. The summed E-state index contributed by atoms with van der Waals surface area (Å²) < 4.78 is 35.6. The van der Waals surface area contributed by atoms with E-state index in [2.05, 4.69) is 0 Å². The maximum atomic E-state index is 15.5. The molecule has 0 amide bonds. The van der Waals surface area contributed by atoms with Crippen molar-refractivity contribution in [3.05, 3.63) is 29.7 Å². The first-order valence-corrected chi connectivity index (χ1v) is 9.32. The van der Waals surface area contributed by atoms with Crippen molar-refractivity contribution in [2.45, 2.75) is 31.7 Å². The predicted octanol–water partition coefficient (Wildman–Crippen LogP) is 2.43. The highest BCUT2D eigenvalue weighted by atomic mass is 19.1. The third-order valence-corrected chi connectivity index (χ3v) is 6.36. The summed E-state index contributed by atoms with van der Waals surface area (Å²) in [5.74, 6) is -2.65. The molecule has 8 heteroatoms. The third-order valence-electron chi connectivity index (χ3n) is 6.36. The van der Waals surface area contributed by atoms with E-state index in [1.54, 1.807) is 9.80 Å². The van der Waals surface area contributed by atoms with Gasteiger partial charge in [0, 0.05) is 25.2 Å². The lowest BCUT2D eigenvalue weighted by molar-refractivity contribution is -0.135. The molecule has 0 aromatic heterocycles. The maximum absolute atomic E-state index is 15.5. The van der Waals surface area contributed by atoms with Gasteiger partial charge in [0.1, 0.15) is 11.4 Å². The van der Waals surface area contributed by atoms with Gasteiger partial charge in [-0.25, -0.2) is 13.6 Å². The van der Waals surface area contributed by atoms with Crippen molar-refractivity contribution >= 4 is 17.3 Å². The Morgan fingerprint density at radius 2 is 2.15 bits per heavy atom. The fraction of sp³-hybridized carbons (Fsp3) is 0.526. The zero-order valence-corrected chi connectivity index (χ0v) is 14.8. The minimum Gasteiger partial charge on any atom is -0.475 e. The number of nitrogens with two attached hydrogens (primary N) is 1. The van der Waals surface area contributed by atoms with Crippen molar-refractivity contribution in [3.8, 4) is 5.75 Å². The second kappa shape index (κ2) is 5.58. The molecule has 1 aromatic rings. The average Bonchev–Trinajstić information content (AvgIpc) is 3.52. The van der Waals surface area contributed by atoms with Crippen LogP contribution in [0.1, 0.15) is 25.7 Å². The van der Waals surface area contributed by atoms with E-state index in [0.29, 0.717) is 25.6 Å². The van der Waals surface area contributed by atoms with E-state index in [4.69, 9.17) is 10.5 Å².